The first-order valence-electron chi connectivity index (χ1n) is 8.48. The van der Waals surface area contributed by atoms with E-state index in [2.05, 4.69) is 6.07 Å². The van der Waals surface area contributed by atoms with E-state index in [1.54, 1.807) is 42.5 Å². The summed E-state index contributed by atoms with van der Waals surface area (Å²) in [4.78, 5) is 23.8. The summed E-state index contributed by atoms with van der Waals surface area (Å²) in [5, 5.41) is 9.14. The molecule has 0 bridgehead atoms. The molecule has 27 heavy (non-hydrogen) atoms. The Morgan fingerprint density at radius 3 is 2.52 bits per heavy atom. The molecule has 1 unspecified atom stereocenters. The van der Waals surface area contributed by atoms with Crippen molar-refractivity contribution < 1.29 is 9.59 Å². The Morgan fingerprint density at radius 2 is 1.93 bits per heavy atom. The summed E-state index contributed by atoms with van der Waals surface area (Å²) in [6.45, 7) is 1.95. The molecular formula is C22H19N3O2. The number of rotatable bonds is 4. The normalized spacial score (nSPS) is 18.4. The van der Waals surface area contributed by atoms with Crippen molar-refractivity contribution in [2.24, 2.45) is 11.5 Å². The Morgan fingerprint density at radius 1 is 1.15 bits per heavy atom. The Bertz CT molecular complexity index is 1040. The molecule has 2 amide bonds. The van der Waals surface area contributed by atoms with E-state index < -0.39 is 17.2 Å². The second kappa shape index (κ2) is 6.93. The molecule has 0 aromatic heterocycles. The molecule has 134 valence electrons. The van der Waals surface area contributed by atoms with Crippen LogP contribution in [0.5, 0.6) is 0 Å². The zero-order valence-electron chi connectivity index (χ0n) is 14.9. The lowest BCUT2D eigenvalue weighted by Crippen LogP contribution is -2.40. The SMILES string of the molecule is Cc1ccc(C(N)=O)cc1C1=CCC(C(N)=O)(c2cccc(C#N)c2)C=C1. The fourth-order valence-corrected chi connectivity index (χ4v) is 3.33. The zero-order valence-corrected chi connectivity index (χ0v) is 14.9. The van der Waals surface area contributed by atoms with Gasteiger partial charge in [0.05, 0.1) is 17.0 Å². The van der Waals surface area contributed by atoms with Crippen molar-refractivity contribution in [3.8, 4) is 6.07 Å². The number of hydrogen-bond donors (Lipinski definition) is 2. The Balaban J connectivity index is 2.03. The number of allylic oxidation sites excluding steroid dienone is 3. The van der Waals surface area contributed by atoms with Crippen molar-refractivity contribution in [2.45, 2.75) is 18.8 Å². The van der Waals surface area contributed by atoms with Gasteiger partial charge in [0.2, 0.25) is 11.8 Å². The minimum Gasteiger partial charge on any atom is -0.369 e. The summed E-state index contributed by atoms with van der Waals surface area (Å²) < 4.78 is 0. The van der Waals surface area contributed by atoms with Crippen LogP contribution in [0.15, 0.2) is 60.7 Å². The molecule has 5 nitrogen and oxygen atoms in total. The third-order valence-corrected chi connectivity index (χ3v) is 4.97. The predicted octanol–water partition coefficient (Wildman–Crippen LogP) is 2.73. The number of nitriles is 1. The smallest absolute Gasteiger partial charge is 0.248 e. The number of nitrogens with zero attached hydrogens (tertiary/aromatic N) is 1. The molecule has 0 radical (unpaired) electrons. The lowest BCUT2D eigenvalue weighted by atomic mass is 9.72. The molecule has 1 atom stereocenters. The molecule has 1 aliphatic rings. The molecular weight excluding hydrogens is 338 g/mol. The number of aryl methyl sites for hydroxylation is 1. The number of hydrogen-bond acceptors (Lipinski definition) is 3. The van der Waals surface area contributed by atoms with Gasteiger partial charge in [0, 0.05) is 5.56 Å². The van der Waals surface area contributed by atoms with E-state index in [-0.39, 0.29) is 0 Å². The molecule has 5 heteroatoms. The van der Waals surface area contributed by atoms with Crippen LogP contribution in [0.25, 0.3) is 5.57 Å². The maximum atomic E-state index is 12.3. The van der Waals surface area contributed by atoms with Crippen LogP contribution in [-0.2, 0) is 10.2 Å². The van der Waals surface area contributed by atoms with Crippen LogP contribution in [-0.4, -0.2) is 11.8 Å². The van der Waals surface area contributed by atoms with E-state index in [0.717, 1.165) is 16.7 Å². The highest BCUT2D eigenvalue weighted by atomic mass is 16.1. The van der Waals surface area contributed by atoms with Gasteiger partial charge in [-0.2, -0.15) is 5.26 Å². The lowest BCUT2D eigenvalue weighted by Gasteiger charge is -2.30. The Labute approximate surface area is 157 Å². The quantitative estimate of drug-likeness (QED) is 0.877. The number of carbonyl (C=O) groups is 2. The molecule has 0 saturated carbocycles. The summed E-state index contributed by atoms with van der Waals surface area (Å²) in [5.74, 6) is -0.969. The molecule has 1 aliphatic carbocycles. The number of carbonyl (C=O) groups excluding carboxylic acids is 2. The van der Waals surface area contributed by atoms with Gasteiger partial charge < -0.3 is 11.5 Å². The number of amides is 2. The summed E-state index contributed by atoms with van der Waals surface area (Å²) in [7, 11) is 0. The first-order valence-corrected chi connectivity index (χ1v) is 8.48. The second-order valence-electron chi connectivity index (χ2n) is 6.62. The van der Waals surface area contributed by atoms with Crippen LogP contribution in [0.3, 0.4) is 0 Å². The van der Waals surface area contributed by atoms with Gasteiger partial charge in [0.15, 0.2) is 0 Å². The van der Waals surface area contributed by atoms with E-state index in [1.165, 1.54) is 0 Å². The van der Waals surface area contributed by atoms with Gasteiger partial charge >= 0.3 is 0 Å². The van der Waals surface area contributed by atoms with Gasteiger partial charge in [-0.1, -0.05) is 36.4 Å². The van der Waals surface area contributed by atoms with Crippen LogP contribution in [0.1, 0.15) is 39.0 Å². The fraction of sp³-hybridized carbons (Fsp3) is 0.136. The van der Waals surface area contributed by atoms with Crippen molar-refractivity contribution in [3.63, 3.8) is 0 Å². The highest BCUT2D eigenvalue weighted by molar-refractivity contribution is 5.95. The summed E-state index contributed by atoms with van der Waals surface area (Å²) in [6, 6.07) is 14.3. The van der Waals surface area contributed by atoms with Crippen molar-refractivity contribution in [2.75, 3.05) is 0 Å². The number of nitrogens with two attached hydrogens (primary N) is 2. The van der Waals surface area contributed by atoms with Crippen LogP contribution in [0, 0.1) is 18.3 Å². The van der Waals surface area contributed by atoms with E-state index in [0.29, 0.717) is 23.1 Å². The molecule has 0 aliphatic heterocycles. The monoisotopic (exact) mass is 357 g/mol. The van der Waals surface area contributed by atoms with Crippen LogP contribution in [0.4, 0.5) is 0 Å². The minimum atomic E-state index is -1.01. The first kappa shape index (κ1) is 18.2. The summed E-state index contributed by atoms with van der Waals surface area (Å²) in [5.41, 5.74) is 14.5. The van der Waals surface area contributed by atoms with E-state index in [9.17, 15) is 9.59 Å². The molecule has 3 rings (SSSR count). The maximum Gasteiger partial charge on any atom is 0.248 e. The molecule has 0 saturated heterocycles. The molecule has 0 spiro atoms. The standard InChI is InChI=1S/C22H19N3O2/c1-14-5-6-17(20(24)26)12-19(14)16-7-9-22(10-8-16,21(25)27)18-4-2-3-15(11-18)13-23/h2-9,11-12H,10H2,1H3,(H2,24,26)(H2,25,27). The largest absolute Gasteiger partial charge is 0.369 e. The average molecular weight is 357 g/mol. The number of benzene rings is 2. The van der Waals surface area contributed by atoms with Crippen molar-refractivity contribution in [3.05, 3.63) is 88.5 Å². The highest BCUT2D eigenvalue weighted by Crippen LogP contribution is 2.37. The van der Waals surface area contributed by atoms with E-state index >= 15 is 0 Å². The van der Waals surface area contributed by atoms with Crippen molar-refractivity contribution in [1.29, 1.82) is 5.26 Å². The maximum absolute atomic E-state index is 12.3. The van der Waals surface area contributed by atoms with E-state index in [4.69, 9.17) is 16.7 Å². The van der Waals surface area contributed by atoms with Crippen molar-refractivity contribution >= 4 is 17.4 Å². The number of primary amides is 2. The Hall–Kier alpha value is -3.65. The molecule has 2 aromatic carbocycles. The minimum absolute atomic E-state index is 0.364. The lowest BCUT2D eigenvalue weighted by molar-refractivity contribution is -0.121. The predicted molar refractivity (Wildman–Crippen MR) is 103 cm³/mol. The first-order chi connectivity index (χ1) is 12.9. The molecule has 4 N–H and O–H groups in total. The zero-order chi connectivity index (χ0) is 19.6. The third-order valence-electron chi connectivity index (χ3n) is 4.97. The van der Waals surface area contributed by atoms with Gasteiger partial charge in [-0.05, 0) is 59.9 Å². The topological polar surface area (TPSA) is 110 Å². The highest BCUT2D eigenvalue weighted by Gasteiger charge is 2.37. The summed E-state index contributed by atoms with van der Waals surface area (Å²) in [6.07, 6.45) is 5.90. The molecule has 0 heterocycles. The van der Waals surface area contributed by atoms with Gasteiger partial charge in [-0.3, -0.25) is 9.59 Å². The van der Waals surface area contributed by atoms with E-state index in [1.807, 2.05) is 25.1 Å². The fourth-order valence-electron chi connectivity index (χ4n) is 3.33. The average Bonchev–Trinajstić information content (AvgIpc) is 2.68. The van der Waals surface area contributed by atoms with Gasteiger partial charge in [0.25, 0.3) is 0 Å². The molecule has 2 aromatic rings. The third kappa shape index (κ3) is 3.25. The van der Waals surface area contributed by atoms with Gasteiger partial charge in [-0.25, -0.2) is 0 Å². The van der Waals surface area contributed by atoms with Crippen molar-refractivity contribution in [1.82, 2.24) is 0 Å². The Kier molecular flexibility index (Phi) is 4.66. The second-order valence-corrected chi connectivity index (χ2v) is 6.62. The molecule has 0 fully saturated rings. The van der Waals surface area contributed by atoms with Gasteiger partial charge in [-0.15, -0.1) is 0 Å². The van der Waals surface area contributed by atoms with Gasteiger partial charge in [0.1, 0.15) is 0 Å². The van der Waals surface area contributed by atoms with Crippen LogP contribution < -0.4 is 11.5 Å². The van der Waals surface area contributed by atoms with Crippen LogP contribution >= 0.6 is 0 Å². The summed E-state index contributed by atoms with van der Waals surface area (Å²) >= 11 is 0. The van der Waals surface area contributed by atoms with Crippen LogP contribution in [0.2, 0.25) is 0 Å².